The van der Waals surface area contributed by atoms with Gasteiger partial charge in [-0.15, -0.1) is 0 Å². The van der Waals surface area contributed by atoms with E-state index >= 15 is 0 Å². The van der Waals surface area contributed by atoms with Gasteiger partial charge in [0.05, 0.1) is 12.6 Å². The lowest BCUT2D eigenvalue weighted by Crippen LogP contribution is -2.59. The van der Waals surface area contributed by atoms with E-state index in [-0.39, 0.29) is 41.8 Å². The first-order valence-electron chi connectivity index (χ1n) is 13.0. The maximum atomic E-state index is 11.8. The van der Waals surface area contributed by atoms with Crippen LogP contribution in [0, 0.1) is 46.3 Å². The first-order valence-corrected chi connectivity index (χ1v) is 13.0. The van der Waals surface area contributed by atoms with Gasteiger partial charge in [0.25, 0.3) is 0 Å². The lowest BCUT2D eigenvalue weighted by molar-refractivity contribution is -0.170. The highest BCUT2D eigenvalue weighted by atomic mass is 16.4. The SMILES string of the molecule is C[C@H](CCC(=O)O)[C@H]1CC[C@H]2[C@@H]3CC[C@@H]4C[C@@H](NC(=O)CN)CC[C@]4(C)[C@H]3C[C@H](O)[C@]12C. The van der Waals surface area contributed by atoms with Crippen LogP contribution in [0.25, 0.3) is 0 Å². The number of carbonyl (C=O) groups is 2. The van der Waals surface area contributed by atoms with Crippen LogP contribution >= 0.6 is 0 Å². The van der Waals surface area contributed by atoms with E-state index in [1.165, 1.54) is 19.3 Å². The molecule has 0 aromatic carbocycles. The van der Waals surface area contributed by atoms with Crippen LogP contribution in [-0.4, -0.2) is 40.8 Å². The lowest BCUT2D eigenvalue weighted by atomic mass is 9.43. The van der Waals surface area contributed by atoms with E-state index in [1.807, 2.05) is 0 Å². The highest BCUT2D eigenvalue weighted by Gasteiger charge is 2.63. The monoisotopic (exact) mass is 448 g/mol. The third-order valence-electron chi connectivity index (χ3n) is 10.9. The Labute approximate surface area is 193 Å². The van der Waals surface area contributed by atoms with E-state index in [0.717, 1.165) is 32.1 Å². The Balaban J connectivity index is 1.50. The molecule has 182 valence electrons. The fourth-order valence-corrected chi connectivity index (χ4v) is 9.15. The summed E-state index contributed by atoms with van der Waals surface area (Å²) >= 11 is 0. The number of carbonyl (C=O) groups excluding carboxylic acids is 1. The molecule has 0 aliphatic heterocycles. The van der Waals surface area contributed by atoms with Crippen LogP contribution in [-0.2, 0) is 9.59 Å². The second-order valence-corrected chi connectivity index (χ2v) is 12.1. The topological polar surface area (TPSA) is 113 Å². The van der Waals surface area contributed by atoms with Crippen molar-refractivity contribution in [1.29, 1.82) is 0 Å². The van der Waals surface area contributed by atoms with Gasteiger partial charge in [-0.2, -0.15) is 0 Å². The van der Waals surface area contributed by atoms with E-state index in [0.29, 0.717) is 41.9 Å². The number of carboxylic acids is 1. The minimum Gasteiger partial charge on any atom is -0.481 e. The van der Waals surface area contributed by atoms with Crippen LogP contribution < -0.4 is 11.1 Å². The number of nitrogens with one attached hydrogen (secondary N) is 1. The molecule has 0 aromatic heterocycles. The summed E-state index contributed by atoms with van der Waals surface area (Å²) in [6.45, 7) is 7.05. The number of fused-ring (bicyclic) bond motifs is 5. The van der Waals surface area contributed by atoms with Gasteiger partial charge < -0.3 is 21.3 Å². The second kappa shape index (κ2) is 8.90. The third-order valence-corrected chi connectivity index (χ3v) is 10.9. The number of aliphatic hydroxyl groups excluding tert-OH is 1. The van der Waals surface area contributed by atoms with Gasteiger partial charge in [0.1, 0.15) is 0 Å². The van der Waals surface area contributed by atoms with E-state index in [4.69, 9.17) is 10.8 Å². The molecule has 6 nitrogen and oxygen atoms in total. The molecule has 1 amide bonds. The Bertz CT molecular complexity index is 729. The summed E-state index contributed by atoms with van der Waals surface area (Å²) in [7, 11) is 0. The molecular formula is C26H44N2O4. The number of aliphatic hydroxyl groups is 1. The van der Waals surface area contributed by atoms with E-state index < -0.39 is 5.97 Å². The van der Waals surface area contributed by atoms with Gasteiger partial charge in [0.2, 0.25) is 5.91 Å². The molecule has 10 atom stereocenters. The van der Waals surface area contributed by atoms with Crippen LogP contribution in [0.15, 0.2) is 0 Å². The molecule has 4 aliphatic carbocycles. The standard InChI is InChI=1S/C26H44N2O4/c1-15(4-9-24(31)32)19-7-8-20-18-6-5-16-12-17(28-23(30)14-27)10-11-25(16,2)21(18)13-22(29)26(19,20)3/h15-22,29H,4-14,27H2,1-3H3,(H,28,30)(H,31,32)/t15-,16-,17+,18+,19-,20+,21+,22+,25+,26-/m1/s1. The van der Waals surface area contributed by atoms with Crippen LogP contribution in [0.4, 0.5) is 0 Å². The molecule has 4 aliphatic rings. The predicted octanol–water partition coefficient (Wildman–Crippen LogP) is 3.56. The van der Waals surface area contributed by atoms with Crippen molar-refractivity contribution >= 4 is 11.9 Å². The molecule has 4 rings (SSSR count). The molecule has 0 aromatic rings. The lowest BCUT2D eigenvalue weighted by Gasteiger charge is -2.62. The van der Waals surface area contributed by atoms with Gasteiger partial charge in [0, 0.05) is 12.5 Å². The van der Waals surface area contributed by atoms with Gasteiger partial charge >= 0.3 is 5.97 Å². The van der Waals surface area contributed by atoms with Gasteiger partial charge in [-0.05, 0) is 104 Å². The molecular weight excluding hydrogens is 404 g/mol. The number of hydrogen-bond acceptors (Lipinski definition) is 4. The number of nitrogens with two attached hydrogens (primary N) is 1. The summed E-state index contributed by atoms with van der Waals surface area (Å²) in [5.74, 6) is 2.33. The third kappa shape index (κ3) is 3.89. The zero-order valence-electron chi connectivity index (χ0n) is 20.2. The summed E-state index contributed by atoms with van der Waals surface area (Å²) in [6.07, 6.45) is 9.41. The van der Waals surface area contributed by atoms with Gasteiger partial charge in [0.15, 0.2) is 0 Å². The number of aliphatic carboxylic acids is 1. The first-order chi connectivity index (χ1) is 15.1. The molecule has 0 bridgehead atoms. The minimum absolute atomic E-state index is 0.0508. The molecule has 4 saturated carbocycles. The Morgan fingerprint density at radius 3 is 2.53 bits per heavy atom. The highest BCUT2D eigenvalue weighted by Crippen LogP contribution is 2.68. The fraction of sp³-hybridized carbons (Fsp3) is 0.923. The number of carboxylic acid groups (broad SMARTS) is 1. The van der Waals surface area contributed by atoms with E-state index in [9.17, 15) is 14.7 Å². The minimum atomic E-state index is -0.717. The Morgan fingerprint density at radius 2 is 1.84 bits per heavy atom. The normalized spacial score (nSPS) is 46.5. The van der Waals surface area contributed by atoms with Gasteiger partial charge in [-0.3, -0.25) is 9.59 Å². The number of rotatable bonds is 6. The van der Waals surface area contributed by atoms with E-state index in [2.05, 4.69) is 26.1 Å². The average molecular weight is 449 g/mol. The van der Waals surface area contributed by atoms with Crippen molar-refractivity contribution in [3.05, 3.63) is 0 Å². The van der Waals surface area contributed by atoms with Crippen molar-refractivity contribution in [2.24, 2.45) is 52.1 Å². The van der Waals surface area contributed by atoms with Crippen LogP contribution in [0.5, 0.6) is 0 Å². The highest BCUT2D eigenvalue weighted by molar-refractivity contribution is 5.78. The molecule has 0 spiro atoms. The molecule has 32 heavy (non-hydrogen) atoms. The Hall–Kier alpha value is -1.14. The molecule has 4 fully saturated rings. The molecule has 0 saturated heterocycles. The van der Waals surface area contributed by atoms with Gasteiger partial charge in [-0.25, -0.2) is 0 Å². The molecule has 0 heterocycles. The van der Waals surface area contributed by atoms with Crippen molar-refractivity contribution in [3.63, 3.8) is 0 Å². The van der Waals surface area contributed by atoms with Crippen molar-refractivity contribution in [3.8, 4) is 0 Å². The smallest absolute Gasteiger partial charge is 0.303 e. The van der Waals surface area contributed by atoms with Crippen molar-refractivity contribution in [2.45, 2.75) is 97.1 Å². The molecule has 0 unspecified atom stereocenters. The maximum absolute atomic E-state index is 11.8. The zero-order valence-corrected chi connectivity index (χ0v) is 20.2. The van der Waals surface area contributed by atoms with Crippen molar-refractivity contribution in [2.75, 3.05) is 6.54 Å². The second-order valence-electron chi connectivity index (χ2n) is 12.1. The van der Waals surface area contributed by atoms with Crippen LogP contribution in [0.2, 0.25) is 0 Å². The van der Waals surface area contributed by atoms with Gasteiger partial charge in [-0.1, -0.05) is 20.8 Å². The predicted molar refractivity (Wildman–Crippen MR) is 124 cm³/mol. The number of amides is 1. The maximum Gasteiger partial charge on any atom is 0.303 e. The summed E-state index contributed by atoms with van der Waals surface area (Å²) in [4.78, 5) is 22.9. The summed E-state index contributed by atoms with van der Waals surface area (Å²) in [5, 5.41) is 23.9. The van der Waals surface area contributed by atoms with Crippen LogP contribution in [0.1, 0.15) is 85.0 Å². The largest absolute Gasteiger partial charge is 0.481 e. The first kappa shape index (κ1) is 24.0. The zero-order chi connectivity index (χ0) is 23.3. The fourth-order valence-electron chi connectivity index (χ4n) is 9.15. The van der Waals surface area contributed by atoms with Crippen molar-refractivity contribution in [1.82, 2.24) is 5.32 Å². The molecule has 6 heteroatoms. The Kier molecular flexibility index (Phi) is 6.68. The van der Waals surface area contributed by atoms with Crippen molar-refractivity contribution < 1.29 is 19.8 Å². The summed E-state index contributed by atoms with van der Waals surface area (Å²) < 4.78 is 0. The molecule has 5 N–H and O–H groups in total. The molecule has 0 radical (unpaired) electrons. The van der Waals surface area contributed by atoms with E-state index in [1.54, 1.807) is 0 Å². The quantitative estimate of drug-likeness (QED) is 0.496. The number of hydrogen-bond donors (Lipinski definition) is 4. The summed E-state index contributed by atoms with van der Waals surface area (Å²) in [6, 6.07) is 0.241. The van der Waals surface area contributed by atoms with Crippen LogP contribution in [0.3, 0.4) is 0 Å². The Morgan fingerprint density at radius 1 is 1.09 bits per heavy atom. The average Bonchev–Trinajstić information content (AvgIpc) is 3.11. The summed E-state index contributed by atoms with van der Waals surface area (Å²) in [5.41, 5.74) is 5.66.